The van der Waals surface area contributed by atoms with Crippen LogP contribution in [0.3, 0.4) is 0 Å². The highest BCUT2D eigenvalue weighted by Gasteiger charge is 2.12. The minimum atomic E-state index is -0.410. The number of hydrogen-bond acceptors (Lipinski definition) is 3. The smallest absolute Gasteiger partial charge is 0.241 e. The highest BCUT2D eigenvalue weighted by atomic mass is 19.1. The summed E-state index contributed by atoms with van der Waals surface area (Å²) in [4.78, 5) is 23.3. The largest absolute Gasteiger partial charge is 0.325 e. The summed E-state index contributed by atoms with van der Waals surface area (Å²) >= 11 is 0. The van der Waals surface area contributed by atoms with Gasteiger partial charge in [0.1, 0.15) is 5.82 Å². The molecule has 2 aromatic rings. The van der Waals surface area contributed by atoms with Crippen molar-refractivity contribution in [1.29, 1.82) is 0 Å². The zero-order chi connectivity index (χ0) is 16.8. The van der Waals surface area contributed by atoms with Crippen LogP contribution in [0.2, 0.25) is 0 Å². The number of rotatable bonds is 6. The topological polar surface area (TPSA) is 58.2 Å². The maximum absolute atomic E-state index is 12.8. The first-order chi connectivity index (χ1) is 11.0. The van der Waals surface area contributed by atoms with E-state index in [2.05, 4.69) is 10.6 Å². The Morgan fingerprint density at radius 3 is 2.22 bits per heavy atom. The van der Waals surface area contributed by atoms with Gasteiger partial charge in [-0.05, 0) is 55.8 Å². The summed E-state index contributed by atoms with van der Waals surface area (Å²) in [6, 6.07) is 12.5. The fraction of sp³-hybridized carbons (Fsp3) is 0.222. The Hall–Kier alpha value is -2.53. The van der Waals surface area contributed by atoms with Crippen LogP contribution in [-0.2, 0) is 11.3 Å². The van der Waals surface area contributed by atoms with E-state index in [0.717, 1.165) is 5.56 Å². The van der Waals surface area contributed by atoms with Crippen molar-refractivity contribution in [1.82, 2.24) is 5.32 Å². The summed E-state index contributed by atoms with van der Waals surface area (Å²) in [5.41, 5.74) is 2.14. The molecule has 1 atom stereocenters. The van der Waals surface area contributed by atoms with Crippen molar-refractivity contribution in [3.05, 3.63) is 65.5 Å². The third kappa shape index (κ3) is 5.00. The summed E-state index contributed by atoms with van der Waals surface area (Å²) in [5, 5.41) is 5.86. The molecule has 0 aromatic heterocycles. The molecule has 0 fully saturated rings. The molecule has 0 saturated carbocycles. The number of carbonyl (C=O) groups is 2. The predicted octanol–water partition coefficient (Wildman–Crippen LogP) is 3.15. The van der Waals surface area contributed by atoms with E-state index in [1.54, 1.807) is 43.3 Å². The Labute approximate surface area is 134 Å². The number of benzene rings is 2. The SMILES string of the molecule is CC(=O)c1ccc(NC(=O)[C@H](C)NCc2ccc(F)cc2)cc1. The van der Waals surface area contributed by atoms with Gasteiger partial charge in [0.15, 0.2) is 5.78 Å². The lowest BCUT2D eigenvalue weighted by Crippen LogP contribution is -2.37. The molecule has 0 spiro atoms. The average Bonchev–Trinajstić information content (AvgIpc) is 2.54. The van der Waals surface area contributed by atoms with Crippen molar-refractivity contribution in [2.45, 2.75) is 26.4 Å². The summed E-state index contributed by atoms with van der Waals surface area (Å²) in [7, 11) is 0. The number of nitrogens with one attached hydrogen (secondary N) is 2. The third-order valence-corrected chi connectivity index (χ3v) is 3.48. The summed E-state index contributed by atoms with van der Waals surface area (Å²) in [6.07, 6.45) is 0. The zero-order valence-electron chi connectivity index (χ0n) is 13.1. The highest BCUT2D eigenvalue weighted by molar-refractivity contribution is 5.96. The Morgan fingerprint density at radius 2 is 1.65 bits per heavy atom. The Bertz CT molecular complexity index is 681. The summed E-state index contributed by atoms with van der Waals surface area (Å²) < 4.78 is 12.8. The molecule has 2 N–H and O–H groups in total. The van der Waals surface area contributed by atoms with Crippen LogP contribution in [0.5, 0.6) is 0 Å². The predicted molar refractivity (Wildman–Crippen MR) is 87.8 cm³/mol. The molecule has 0 radical (unpaired) electrons. The molecule has 2 rings (SSSR count). The van der Waals surface area contributed by atoms with Crippen molar-refractivity contribution >= 4 is 17.4 Å². The minimum Gasteiger partial charge on any atom is -0.325 e. The van der Waals surface area contributed by atoms with Crippen molar-refractivity contribution in [2.75, 3.05) is 5.32 Å². The van der Waals surface area contributed by atoms with Gasteiger partial charge in [-0.25, -0.2) is 4.39 Å². The first-order valence-electron chi connectivity index (χ1n) is 7.35. The van der Waals surface area contributed by atoms with E-state index in [4.69, 9.17) is 0 Å². The number of anilines is 1. The van der Waals surface area contributed by atoms with Crippen LogP contribution in [0.25, 0.3) is 0 Å². The maximum Gasteiger partial charge on any atom is 0.241 e. The molecule has 0 saturated heterocycles. The monoisotopic (exact) mass is 314 g/mol. The number of carbonyl (C=O) groups excluding carboxylic acids is 2. The van der Waals surface area contributed by atoms with E-state index in [1.807, 2.05) is 0 Å². The summed E-state index contributed by atoms with van der Waals surface area (Å²) in [5.74, 6) is -0.478. The van der Waals surface area contributed by atoms with E-state index < -0.39 is 6.04 Å². The van der Waals surface area contributed by atoms with Gasteiger partial charge in [0.2, 0.25) is 5.91 Å². The number of halogens is 1. The second kappa shape index (κ2) is 7.65. The molecule has 0 bridgehead atoms. The van der Waals surface area contributed by atoms with E-state index >= 15 is 0 Å². The quantitative estimate of drug-likeness (QED) is 0.805. The molecule has 0 aliphatic carbocycles. The molecule has 120 valence electrons. The number of ketones is 1. The van der Waals surface area contributed by atoms with Crippen molar-refractivity contribution in [2.24, 2.45) is 0 Å². The number of Topliss-reactive ketones (excluding diaryl/α,β-unsaturated/α-hetero) is 1. The number of hydrogen-bond donors (Lipinski definition) is 2. The van der Waals surface area contributed by atoms with Gasteiger partial charge in [0, 0.05) is 17.8 Å². The standard InChI is InChI=1S/C18H19FN2O2/c1-12(20-11-14-3-7-16(19)8-4-14)18(23)21-17-9-5-15(6-10-17)13(2)22/h3-10,12,20H,11H2,1-2H3,(H,21,23)/t12-/m0/s1. The van der Waals surface area contributed by atoms with Gasteiger partial charge in [-0.2, -0.15) is 0 Å². The van der Waals surface area contributed by atoms with Gasteiger partial charge in [0.05, 0.1) is 6.04 Å². The lowest BCUT2D eigenvalue weighted by molar-refractivity contribution is -0.117. The molecule has 23 heavy (non-hydrogen) atoms. The Balaban J connectivity index is 1.86. The normalized spacial score (nSPS) is 11.8. The lowest BCUT2D eigenvalue weighted by Gasteiger charge is -2.14. The molecule has 2 aromatic carbocycles. The van der Waals surface area contributed by atoms with Gasteiger partial charge in [-0.15, -0.1) is 0 Å². The Kier molecular flexibility index (Phi) is 5.60. The van der Waals surface area contributed by atoms with Crippen molar-refractivity contribution < 1.29 is 14.0 Å². The number of amides is 1. The first kappa shape index (κ1) is 16.8. The van der Waals surface area contributed by atoms with Crippen molar-refractivity contribution in [3.8, 4) is 0 Å². The van der Waals surface area contributed by atoms with Crippen molar-refractivity contribution in [3.63, 3.8) is 0 Å². The highest BCUT2D eigenvalue weighted by Crippen LogP contribution is 2.10. The molecule has 0 aliphatic heterocycles. The molecule has 0 aliphatic rings. The molecular formula is C18H19FN2O2. The van der Waals surface area contributed by atoms with Crippen LogP contribution < -0.4 is 10.6 Å². The van der Waals surface area contributed by atoms with Gasteiger partial charge in [-0.3, -0.25) is 9.59 Å². The van der Waals surface area contributed by atoms with E-state index in [1.165, 1.54) is 19.1 Å². The molecule has 4 nitrogen and oxygen atoms in total. The maximum atomic E-state index is 12.8. The van der Waals surface area contributed by atoms with Crippen LogP contribution in [0, 0.1) is 5.82 Å². The average molecular weight is 314 g/mol. The zero-order valence-corrected chi connectivity index (χ0v) is 13.1. The van der Waals surface area contributed by atoms with Crippen LogP contribution in [0.1, 0.15) is 29.8 Å². The fourth-order valence-corrected chi connectivity index (χ4v) is 2.00. The van der Waals surface area contributed by atoms with Gasteiger partial charge < -0.3 is 10.6 Å². The molecular weight excluding hydrogens is 295 g/mol. The van der Waals surface area contributed by atoms with Gasteiger partial charge in [0.25, 0.3) is 0 Å². The fourth-order valence-electron chi connectivity index (χ4n) is 2.00. The third-order valence-electron chi connectivity index (χ3n) is 3.48. The van der Waals surface area contributed by atoms with E-state index in [9.17, 15) is 14.0 Å². The van der Waals surface area contributed by atoms with Crippen LogP contribution >= 0.6 is 0 Å². The molecule has 1 amide bonds. The minimum absolute atomic E-state index is 0.0165. The molecule has 5 heteroatoms. The lowest BCUT2D eigenvalue weighted by atomic mass is 10.1. The Morgan fingerprint density at radius 1 is 1.04 bits per heavy atom. The van der Waals surface area contributed by atoms with Gasteiger partial charge >= 0.3 is 0 Å². The van der Waals surface area contributed by atoms with Crippen LogP contribution in [0.4, 0.5) is 10.1 Å². The molecule has 0 unspecified atom stereocenters. The van der Waals surface area contributed by atoms with Crippen LogP contribution in [-0.4, -0.2) is 17.7 Å². The van der Waals surface area contributed by atoms with E-state index in [0.29, 0.717) is 17.8 Å². The molecule has 0 heterocycles. The summed E-state index contributed by atoms with van der Waals surface area (Å²) in [6.45, 7) is 3.72. The van der Waals surface area contributed by atoms with Gasteiger partial charge in [-0.1, -0.05) is 12.1 Å². The van der Waals surface area contributed by atoms with Crippen LogP contribution in [0.15, 0.2) is 48.5 Å². The second-order valence-electron chi connectivity index (χ2n) is 5.35. The second-order valence-corrected chi connectivity index (χ2v) is 5.35. The first-order valence-corrected chi connectivity index (χ1v) is 7.35. The van der Waals surface area contributed by atoms with E-state index in [-0.39, 0.29) is 17.5 Å².